The van der Waals surface area contributed by atoms with Crippen LogP contribution in [-0.4, -0.2) is 34.9 Å². The van der Waals surface area contributed by atoms with Crippen molar-refractivity contribution in [1.82, 2.24) is 0 Å². The maximum absolute atomic E-state index is 12.1. The van der Waals surface area contributed by atoms with Gasteiger partial charge in [0.15, 0.2) is 5.78 Å². The molecule has 0 spiro atoms. The van der Waals surface area contributed by atoms with Gasteiger partial charge in [-0.3, -0.25) is 9.79 Å². The molecule has 4 nitrogen and oxygen atoms in total. The number of carbonyl (C=O) groups excluding carboxylic acids is 1. The Morgan fingerprint density at radius 1 is 1.39 bits per heavy atom. The highest BCUT2D eigenvalue weighted by Crippen LogP contribution is 2.35. The second-order valence-electron chi connectivity index (χ2n) is 5.56. The van der Waals surface area contributed by atoms with Gasteiger partial charge in [-0.15, -0.1) is 0 Å². The van der Waals surface area contributed by atoms with E-state index < -0.39 is 0 Å². The highest BCUT2D eigenvalue weighted by molar-refractivity contribution is 6.24. The summed E-state index contributed by atoms with van der Waals surface area (Å²) in [5.74, 6) is 0.114. The van der Waals surface area contributed by atoms with Crippen LogP contribution in [0.4, 0.5) is 0 Å². The standard InChI is InChI=1S/C14H23NO3/c1-4-5-11(17)13-10(15-6-7-16)8-14(2,3)9-12(13)18/h16-17H,4-9H2,1-3H3. The normalized spacial score (nSPS) is 24.4. The van der Waals surface area contributed by atoms with Gasteiger partial charge in [-0.2, -0.15) is 0 Å². The number of hydrogen-bond donors (Lipinski definition) is 2. The van der Waals surface area contributed by atoms with E-state index in [-0.39, 0.29) is 30.1 Å². The number of nitrogens with zero attached hydrogens (tertiary/aromatic N) is 1. The molecule has 1 saturated carbocycles. The summed E-state index contributed by atoms with van der Waals surface area (Å²) in [4.78, 5) is 16.4. The molecule has 0 aromatic rings. The first-order valence-electron chi connectivity index (χ1n) is 6.51. The number of aliphatic imine (C=N–C) groups is 1. The second kappa shape index (κ2) is 6.14. The van der Waals surface area contributed by atoms with Crippen molar-refractivity contribution < 1.29 is 15.0 Å². The minimum absolute atomic E-state index is 0.0334. The van der Waals surface area contributed by atoms with E-state index in [1.807, 2.05) is 20.8 Å². The number of allylic oxidation sites excluding steroid dienone is 2. The first kappa shape index (κ1) is 14.9. The Morgan fingerprint density at radius 2 is 2.06 bits per heavy atom. The Hall–Kier alpha value is -1.16. The fourth-order valence-electron chi connectivity index (χ4n) is 2.30. The summed E-state index contributed by atoms with van der Waals surface area (Å²) >= 11 is 0. The first-order valence-corrected chi connectivity index (χ1v) is 6.51. The molecular formula is C14H23NO3. The molecule has 0 heterocycles. The van der Waals surface area contributed by atoms with Gasteiger partial charge in [0, 0.05) is 18.6 Å². The molecule has 0 unspecified atom stereocenters. The van der Waals surface area contributed by atoms with Crippen LogP contribution < -0.4 is 0 Å². The molecule has 0 atom stereocenters. The van der Waals surface area contributed by atoms with Crippen LogP contribution in [0.3, 0.4) is 0 Å². The van der Waals surface area contributed by atoms with Crippen molar-refractivity contribution in [3.8, 4) is 0 Å². The molecular weight excluding hydrogens is 230 g/mol. The molecule has 0 radical (unpaired) electrons. The van der Waals surface area contributed by atoms with Crippen molar-refractivity contribution in [3.63, 3.8) is 0 Å². The monoisotopic (exact) mass is 253 g/mol. The van der Waals surface area contributed by atoms with Gasteiger partial charge in [-0.05, 0) is 18.3 Å². The van der Waals surface area contributed by atoms with E-state index in [1.165, 1.54) is 0 Å². The number of hydrogen-bond acceptors (Lipinski definition) is 4. The minimum Gasteiger partial charge on any atom is -0.511 e. The van der Waals surface area contributed by atoms with Gasteiger partial charge in [0.1, 0.15) is 5.76 Å². The highest BCUT2D eigenvalue weighted by atomic mass is 16.3. The topological polar surface area (TPSA) is 69.9 Å². The van der Waals surface area contributed by atoms with Crippen molar-refractivity contribution in [1.29, 1.82) is 0 Å². The van der Waals surface area contributed by atoms with E-state index in [2.05, 4.69) is 4.99 Å². The van der Waals surface area contributed by atoms with Crippen LogP contribution in [0, 0.1) is 5.41 Å². The SMILES string of the molecule is CCCC(O)=C1C(=O)CC(C)(C)CC1=NCCO. The maximum atomic E-state index is 12.1. The molecule has 0 bridgehead atoms. The molecule has 1 aliphatic carbocycles. The molecule has 1 rings (SSSR count). The van der Waals surface area contributed by atoms with Gasteiger partial charge >= 0.3 is 0 Å². The quantitative estimate of drug-likeness (QED) is 0.597. The Morgan fingerprint density at radius 3 is 2.61 bits per heavy atom. The molecule has 0 aromatic carbocycles. The van der Waals surface area contributed by atoms with Crippen LogP contribution in [0.5, 0.6) is 0 Å². The molecule has 102 valence electrons. The van der Waals surface area contributed by atoms with E-state index in [9.17, 15) is 9.90 Å². The Bertz CT molecular complexity index is 381. The molecule has 2 N–H and O–H groups in total. The van der Waals surface area contributed by atoms with Crippen molar-refractivity contribution in [3.05, 3.63) is 11.3 Å². The van der Waals surface area contributed by atoms with E-state index in [4.69, 9.17) is 5.11 Å². The zero-order valence-electron chi connectivity index (χ0n) is 11.5. The molecule has 0 saturated heterocycles. The second-order valence-corrected chi connectivity index (χ2v) is 5.56. The third kappa shape index (κ3) is 3.67. The van der Waals surface area contributed by atoms with E-state index in [1.54, 1.807) is 0 Å². The number of rotatable bonds is 4. The van der Waals surface area contributed by atoms with Crippen LogP contribution >= 0.6 is 0 Å². The summed E-state index contributed by atoms with van der Waals surface area (Å²) < 4.78 is 0. The Labute approximate surface area is 108 Å². The van der Waals surface area contributed by atoms with Crippen molar-refractivity contribution in [2.24, 2.45) is 10.4 Å². The predicted molar refractivity (Wildman–Crippen MR) is 72.0 cm³/mol. The lowest BCUT2D eigenvalue weighted by Gasteiger charge is -2.31. The zero-order valence-corrected chi connectivity index (χ0v) is 11.5. The molecule has 0 aromatic heterocycles. The molecule has 0 amide bonds. The summed E-state index contributed by atoms with van der Waals surface area (Å²) in [7, 11) is 0. The summed E-state index contributed by atoms with van der Waals surface area (Å²) in [6.07, 6.45) is 2.40. The fourth-order valence-corrected chi connectivity index (χ4v) is 2.30. The van der Waals surface area contributed by atoms with Crippen LogP contribution in [0.15, 0.2) is 16.3 Å². The number of ketones is 1. The molecule has 18 heavy (non-hydrogen) atoms. The van der Waals surface area contributed by atoms with Gasteiger partial charge in [-0.25, -0.2) is 0 Å². The average Bonchev–Trinajstić information content (AvgIpc) is 2.24. The minimum atomic E-state index is -0.124. The first-order chi connectivity index (χ1) is 8.41. The average molecular weight is 253 g/mol. The van der Waals surface area contributed by atoms with Gasteiger partial charge < -0.3 is 10.2 Å². The van der Waals surface area contributed by atoms with Crippen molar-refractivity contribution >= 4 is 11.5 Å². The predicted octanol–water partition coefficient (Wildman–Crippen LogP) is 2.42. The smallest absolute Gasteiger partial charge is 0.168 e. The van der Waals surface area contributed by atoms with Crippen LogP contribution in [-0.2, 0) is 4.79 Å². The maximum Gasteiger partial charge on any atom is 0.168 e. The lowest BCUT2D eigenvalue weighted by atomic mass is 9.73. The third-order valence-corrected chi connectivity index (χ3v) is 3.03. The molecule has 4 heteroatoms. The number of carbonyl (C=O) groups is 1. The van der Waals surface area contributed by atoms with Crippen LogP contribution in [0.1, 0.15) is 46.5 Å². The zero-order chi connectivity index (χ0) is 13.8. The largest absolute Gasteiger partial charge is 0.511 e. The summed E-state index contributed by atoms with van der Waals surface area (Å²) in [5.41, 5.74) is 0.919. The third-order valence-electron chi connectivity index (χ3n) is 3.03. The van der Waals surface area contributed by atoms with Gasteiger partial charge in [0.05, 0.1) is 18.7 Å². The van der Waals surface area contributed by atoms with E-state index in [0.717, 1.165) is 6.42 Å². The van der Waals surface area contributed by atoms with Crippen LogP contribution in [0.25, 0.3) is 0 Å². The highest BCUT2D eigenvalue weighted by Gasteiger charge is 2.35. The Balaban J connectivity index is 3.11. The van der Waals surface area contributed by atoms with Crippen LogP contribution in [0.2, 0.25) is 0 Å². The van der Waals surface area contributed by atoms with E-state index in [0.29, 0.717) is 30.5 Å². The van der Waals surface area contributed by atoms with Gasteiger partial charge in [0.25, 0.3) is 0 Å². The lowest BCUT2D eigenvalue weighted by Crippen LogP contribution is -2.33. The molecule has 0 aliphatic heterocycles. The summed E-state index contributed by atoms with van der Waals surface area (Å²) in [6.45, 7) is 6.24. The molecule has 1 fully saturated rings. The van der Waals surface area contributed by atoms with Gasteiger partial charge in [-0.1, -0.05) is 20.8 Å². The molecule has 1 aliphatic rings. The number of aliphatic hydroxyl groups is 2. The fraction of sp³-hybridized carbons (Fsp3) is 0.714. The number of Topliss-reactive ketones (excluding diaryl/α,β-unsaturated/α-hetero) is 1. The summed E-state index contributed by atoms with van der Waals surface area (Å²) in [5, 5.41) is 18.9. The summed E-state index contributed by atoms with van der Waals surface area (Å²) in [6, 6.07) is 0. The van der Waals surface area contributed by atoms with E-state index >= 15 is 0 Å². The Kier molecular flexibility index (Phi) is 5.08. The van der Waals surface area contributed by atoms with Crippen molar-refractivity contribution in [2.75, 3.05) is 13.2 Å². The van der Waals surface area contributed by atoms with Crippen molar-refractivity contribution in [2.45, 2.75) is 46.5 Å². The van der Waals surface area contributed by atoms with Gasteiger partial charge in [0.2, 0.25) is 0 Å². The number of aliphatic hydroxyl groups excluding tert-OH is 2. The lowest BCUT2D eigenvalue weighted by molar-refractivity contribution is -0.117.